The van der Waals surface area contributed by atoms with Crippen LogP contribution in [0.2, 0.25) is 0 Å². The highest BCUT2D eigenvalue weighted by Crippen LogP contribution is 2.53. The number of carbonyl (C=O) groups excluding carboxylic acids is 2. The molecule has 2 N–H and O–H groups in total. The van der Waals surface area contributed by atoms with Crippen molar-refractivity contribution >= 4 is 22.7 Å². The topological polar surface area (TPSA) is 78.1 Å². The number of carbonyl (C=O) groups is 2. The fraction of sp³-hybridized carbons (Fsp3) is 0.550. The molecular formula is C20H26N4O2. The number of aromatic nitrogens is 2. The maximum Gasteiger partial charge on any atom is 0.268 e. The number of fused-ring (bicyclic) bond motifs is 1. The van der Waals surface area contributed by atoms with Gasteiger partial charge in [0.25, 0.3) is 5.91 Å². The normalized spacial score (nSPS) is 19.5. The molecule has 3 heterocycles. The van der Waals surface area contributed by atoms with Gasteiger partial charge >= 0.3 is 0 Å². The Morgan fingerprint density at radius 1 is 1.27 bits per heavy atom. The Morgan fingerprint density at radius 3 is 2.65 bits per heavy atom. The van der Waals surface area contributed by atoms with Crippen LogP contribution in [0.5, 0.6) is 0 Å². The van der Waals surface area contributed by atoms with E-state index in [0.29, 0.717) is 11.1 Å². The first-order chi connectivity index (χ1) is 12.5. The van der Waals surface area contributed by atoms with Gasteiger partial charge in [-0.15, -0.1) is 0 Å². The number of rotatable bonds is 4. The molecule has 0 bridgehead atoms. The van der Waals surface area contributed by atoms with Crippen LogP contribution in [0.4, 0.5) is 0 Å². The van der Waals surface area contributed by atoms with Crippen molar-refractivity contribution < 1.29 is 9.59 Å². The number of nitrogens with zero attached hydrogens (tertiary/aromatic N) is 2. The first-order valence-electron chi connectivity index (χ1n) is 9.57. The molecule has 138 valence electrons. The molecule has 4 rings (SSSR count). The summed E-state index contributed by atoms with van der Waals surface area (Å²) in [5.41, 5.74) is 2.83. The molecule has 2 aromatic rings. The van der Waals surface area contributed by atoms with Crippen LogP contribution in [0.3, 0.4) is 0 Å². The lowest BCUT2D eigenvalue weighted by atomic mass is 9.93. The predicted octanol–water partition coefficient (Wildman–Crippen LogP) is 2.65. The molecule has 2 aromatic heterocycles. The summed E-state index contributed by atoms with van der Waals surface area (Å²) in [4.78, 5) is 34.5. The van der Waals surface area contributed by atoms with Crippen molar-refractivity contribution in [2.75, 3.05) is 13.1 Å². The van der Waals surface area contributed by atoms with Crippen LogP contribution in [0.15, 0.2) is 18.3 Å². The molecule has 26 heavy (non-hydrogen) atoms. The van der Waals surface area contributed by atoms with Crippen LogP contribution in [0.25, 0.3) is 10.9 Å². The summed E-state index contributed by atoms with van der Waals surface area (Å²) in [7, 11) is 0. The Balaban J connectivity index is 1.39. The average molecular weight is 354 g/mol. The number of hydrogen-bond donors (Lipinski definition) is 2. The lowest BCUT2D eigenvalue weighted by Gasteiger charge is -2.33. The molecule has 1 atom stereocenters. The largest absolute Gasteiger partial charge is 0.349 e. The summed E-state index contributed by atoms with van der Waals surface area (Å²) >= 11 is 0. The number of aryl methyl sites for hydroxylation is 1. The van der Waals surface area contributed by atoms with Gasteiger partial charge in [0, 0.05) is 24.2 Å². The zero-order valence-corrected chi connectivity index (χ0v) is 15.5. The Bertz CT molecular complexity index is 843. The number of pyridine rings is 1. The summed E-state index contributed by atoms with van der Waals surface area (Å²) in [6, 6.07) is 3.28. The van der Waals surface area contributed by atoms with E-state index in [1.54, 1.807) is 13.1 Å². The Labute approximate surface area is 153 Å². The van der Waals surface area contributed by atoms with Gasteiger partial charge < -0.3 is 15.2 Å². The van der Waals surface area contributed by atoms with E-state index in [1.807, 2.05) is 24.0 Å². The molecule has 0 aromatic carbocycles. The molecule has 0 radical (unpaired) electrons. The van der Waals surface area contributed by atoms with E-state index in [0.717, 1.165) is 48.9 Å². The van der Waals surface area contributed by atoms with E-state index in [1.165, 1.54) is 12.8 Å². The van der Waals surface area contributed by atoms with Crippen LogP contribution < -0.4 is 5.32 Å². The van der Waals surface area contributed by atoms with E-state index in [9.17, 15) is 9.59 Å². The molecule has 2 amide bonds. The van der Waals surface area contributed by atoms with Crippen molar-refractivity contribution in [1.82, 2.24) is 20.2 Å². The van der Waals surface area contributed by atoms with E-state index >= 15 is 0 Å². The minimum atomic E-state index is -0.522. The van der Waals surface area contributed by atoms with Crippen molar-refractivity contribution in [3.05, 3.63) is 29.7 Å². The lowest BCUT2D eigenvalue weighted by Crippen LogP contribution is -2.49. The van der Waals surface area contributed by atoms with Crippen molar-refractivity contribution in [2.45, 2.75) is 52.0 Å². The molecule has 1 spiro atoms. The molecule has 1 aliphatic carbocycles. The number of piperidine rings is 1. The second kappa shape index (κ2) is 6.41. The van der Waals surface area contributed by atoms with Gasteiger partial charge in [0.2, 0.25) is 5.91 Å². The van der Waals surface area contributed by atoms with Gasteiger partial charge in [0.15, 0.2) is 0 Å². The highest BCUT2D eigenvalue weighted by molar-refractivity contribution is 6.00. The molecule has 2 fully saturated rings. The fourth-order valence-corrected chi connectivity index (χ4v) is 3.88. The van der Waals surface area contributed by atoms with Crippen LogP contribution >= 0.6 is 0 Å². The molecule has 1 saturated carbocycles. The summed E-state index contributed by atoms with van der Waals surface area (Å²) < 4.78 is 0. The third kappa shape index (κ3) is 3.20. The SMILES string of the molecule is CCc1cc2cc(C(=O)N[C@@H](C)C(=O)N3CCC4(CC3)CC4)[nH]c2cn1. The summed E-state index contributed by atoms with van der Waals surface area (Å²) in [5, 5.41) is 3.80. The Morgan fingerprint density at radius 2 is 2.00 bits per heavy atom. The number of nitrogens with one attached hydrogen (secondary N) is 2. The second-order valence-electron chi connectivity index (χ2n) is 7.82. The standard InChI is InChI=1S/C20H26N4O2/c1-3-15-10-14-11-16(23-17(14)12-21-15)18(25)22-13(2)19(26)24-8-6-20(4-5-20)7-9-24/h10-13,23H,3-9H2,1-2H3,(H,22,25)/t13-/m0/s1. The predicted molar refractivity (Wildman–Crippen MR) is 99.9 cm³/mol. The molecule has 6 nitrogen and oxygen atoms in total. The van der Waals surface area contributed by atoms with Gasteiger partial charge in [-0.25, -0.2) is 0 Å². The molecule has 6 heteroatoms. The monoisotopic (exact) mass is 354 g/mol. The summed E-state index contributed by atoms with van der Waals surface area (Å²) in [5.74, 6) is -0.240. The van der Waals surface area contributed by atoms with Crippen molar-refractivity contribution in [3.63, 3.8) is 0 Å². The lowest BCUT2D eigenvalue weighted by molar-refractivity contribution is -0.134. The van der Waals surface area contributed by atoms with Crippen molar-refractivity contribution in [3.8, 4) is 0 Å². The van der Waals surface area contributed by atoms with Gasteiger partial charge in [0.05, 0.1) is 11.7 Å². The van der Waals surface area contributed by atoms with Crippen molar-refractivity contribution in [2.24, 2.45) is 5.41 Å². The van der Waals surface area contributed by atoms with Crippen LogP contribution in [0.1, 0.15) is 55.7 Å². The van der Waals surface area contributed by atoms with Crippen LogP contribution in [0, 0.1) is 5.41 Å². The quantitative estimate of drug-likeness (QED) is 0.886. The first-order valence-corrected chi connectivity index (χ1v) is 9.57. The Kier molecular flexibility index (Phi) is 4.21. The minimum Gasteiger partial charge on any atom is -0.349 e. The maximum atomic E-state index is 12.6. The molecule has 2 aliphatic rings. The van der Waals surface area contributed by atoms with E-state index < -0.39 is 6.04 Å². The zero-order valence-electron chi connectivity index (χ0n) is 15.5. The van der Waals surface area contributed by atoms with Gasteiger partial charge in [-0.05, 0) is 56.6 Å². The third-order valence-corrected chi connectivity index (χ3v) is 5.98. The number of H-pyrrole nitrogens is 1. The van der Waals surface area contributed by atoms with Crippen LogP contribution in [-0.4, -0.2) is 45.8 Å². The third-order valence-electron chi connectivity index (χ3n) is 5.98. The first kappa shape index (κ1) is 17.1. The number of amides is 2. The number of aromatic amines is 1. The smallest absolute Gasteiger partial charge is 0.268 e. The van der Waals surface area contributed by atoms with E-state index in [2.05, 4.69) is 15.3 Å². The average Bonchev–Trinajstić information content (AvgIpc) is 3.26. The van der Waals surface area contributed by atoms with Crippen molar-refractivity contribution in [1.29, 1.82) is 0 Å². The fourth-order valence-electron chi connectivity index (χ4n) is 3.88. The van der Waals surface area contributed by atoms with Gasteiger partial charge in [-0.1, -0.05) is 6.92 Å². The Hall–Kier alpha value is -2.37. The molecule has 1 aliphatic heterocycles. The molecule has 1 saturated heterocycles. The second-order valence-corrected chi connectivity index (χ2v) is 7.82. The maximum absolute atomic E-state index is 12.6. The van der Waals surface area contributed by atoms with Crippen LogP contribution in [-0.2, 0) is 11.2 Å². The zero-order chi connectivity index (χ0) is 18.3. The molecule has 0 unspecified atom stereocenters. The highest BCUT2D eigenvalue weighted by atomic mass is 16.2. The van der Waals surface area contributed by atoms with Gasteiger partial charge in [0.1, 0.15) is 11.7 Å². The van der Waals surface area contributed by atoms with E-state index in [4.69, 9.17) is 0 Å². The van der Waals surface area contributed by atoms with Gasteiger partial charge in [-0.2, -0.15) is 0 Å². The minimum absolute atomic E-state index is 0.0138. The summed E-state index contributed by atoms with van der Waals surface area (Å²) in [6.07, 6.45) is 7.45. The molecular weight excluding hydrogens is 328 g/mol. The summed E-state index contributed by atoms with van der Waals surface area (Å²) in [6.45, 7) is 5.45. The van der Waals surface area contributed by atoms with E-state index in [-0.39, 0.29) is 11.8 Å². The highest BCUT2D eigenvalue weighted by Gasteiger charge is 2.45. The number of hydrogen-bond acceptors (Lipinski definition) is 3. The number of likely N-dealkylation sites (tertiary alicyclic amines) is 1. The van der Waals surface area contributed by atoms with Gasteiger partial charge in [-0.3, -0.25) is 14.6 Å².